The molecule has 3 unspecified atom stereocenters. The third kappa shape index (κ3) is 3.36. The van der Waals surface area contributed by atoms with E-state index in [0.717, 1.165) is 10.5 Å². The van der Waals surface area contributed by atoms with Crippen LogP contribution >= 0.6 is 11.8 Å². The summed E-state index contributed by atoms with van der Waals surface area (Å²) >= 11 is 2.14. The van der Waals surface area contributed by atoms with Crippen molar-refractivity contribution in [1.82, 2.24) is 0 Å². The Morgan fingerprint density at radius 2 is 2.25 bits per heavy atom. The van der Waals surface area contributed by atoms with Crippen LogP contribution in [0.15, 0.2) is 0 Å². The van der Waals surface area contributed by atoms with E-state index in [0.29, 0.717) is 6.04 Å². The van der Waals surface area contributed by atoms with E-state index in [2.05, 4.69) is 25.6 Å². The SMILES string of the molecule is CCC(C)SC1CCCC(N)C1. The molecular formula is C10H21NS. The minimum absolute atomic E-state index is 0.486. The van der Waals surface area contributed by atoms with Gasteiger partial charge in [-0.05, 0) is 25.7 Å². The Balaban J connectivity index is 2.22. The second kappa shape index (κ2) is 5.13. The van der Waals surface area contributed by atoms with Gasteiger partial charge in [-0.15, -0.1) is 0 Å². The van der Waals surface area contributed by atoms with Gasteiger partial charge in [-0.2, -0.15) is 11.8 Å². The first kappa shape index (κ1) is 10.4. The molecule has 0 spiro atoms. The molecule has 0 heterocycles. The number of hydrogen-bond acceptors (Lipinski definition) is 2. The molecule has 1 aliphatic carbocycles. The maximum atomic E-state index is 5.93. The fourth-order valence-corrected chi connectivity index (χ4v) is 3.24. The van der Waals surface area contributed by atoms with Crippen LogP contribution in [0.3, 0.4) is 0 Å². The van der Waals surface area contributed by atoms with Crippen LogP contribution in [0.5, 0.6) is 0 Å². The van der Waals surface area contributed by atoms with Gasteiger partial charge in [0.2, 0.25) is 0 Å². The fraction of sp³-hybridized carbons (Fsp3) is 1.00. The van der Waals surface area contributed by atoms with E-state index in [1.54, 1.807) is 0 Å². The van der Waals surface area contributed by atoms with Gasteiger partial charge in [0, 0.05) is 16.5 Å². The quantitative estimate of drug-likeness (QED) is 0.735. The van der Waals surface area contributed by atoms with Crippen molar-refractivity contribution in [1.29, 1.82) is 0 Å². The monoisotopic (exact) mass is 187 g/mol. The molecule has 2 heteroatoms. The van der Waals surface area contributed by atoms with E-state index < -0.39 is 0 Å². The van der Waals surface area contributed by atoms with E-state index in [-0.39, 0.29) is 0 Å². The van der Waals surface area contributed by atoms with Gasteiger partial charge >= 0.3 is 0 Å². The zero-order valence-corrected chi connectivity index (χ0v) is 9.07. The smallest absolute Gasteiger partial charge is 0.00644 e. The molecule has 0 amide bonds. The summed E-state index contributed by atoms with van der Waals surface area (Å²) in [4.78, 5) is 0. The second-order valence-electron chi connectivity index (χ2n) is 3.90. The highest BCUT2D eigenvalue weighted by Crippen LogP contribution is 2.31. The van der Waals surface area contributed by atoms with Crippen LogP contribution in [0.2, 0.25) is 0 Å². The van der Waals surface area contributed by atoms with Crippen LogP contribution in [0.4, 0.5) is 0 Å². The van der Waals surface area contributed by atoms with Gasteiger partial charge in [0.25, 0.3) is 0 Å². The summed E-state index contributed by atoms with van der Waals surface area (Å²) in [6.07, 6.45) is 6.51. The van der Waals surface area contributed by atoms with Crippen LogP contribution in [0, 0.1) is 0 Å². The van der Waals surface area contributed by atoms with Crippen molar-refractivity contribution < 1.29 is 0 Å². The van der Waals surface area contributed by atoms with Crippen molar-refractivity contribution in [3.05, 3.63) is 0 Å². The van der Waals surface area contributed by atoms with Crippen LogP contribution in [0.1, 0.15) is 46.0 Å². The molecule has 0 aromatic heterocycles. The number of nitrogens with two attached hydrogens (primary N) is 1. The first-order valence-corrected chi connectivity index (χ1v) is 6.07. The Morgan fingerprint density at radius 3 is 2.83 bits per heavy atom. The molecule has 0 radical (unpaired) electrons. The molecular weight excluding hydrogens is 166 g/mol. The summed E-state index contributed by atoms with van der Waals surface area (Å²) in [6, 6.07) is 0.486. The minimum Gasteiger partial charge on any atom is -0.328 e. The Hall–Kier alpha value is 0.310. The fourth-order valence-electron chi connectivity index (χ4n) is 1.73. The van der Waals surface area contributed by atoms with E-state index >= 15 is 0 Å². The lowest BCUT2D eigenvalue weighted by atomic mass is 9.96. The van der Waals surface area contributed by atoms with Gasteiger partial charge in [-0.3, -0.25) is 0 Å². The molecule has 1 nitrogen and oxygen atoms in total. The predicted molar refractivity (Wildman–Crippen MR) is 57.6 cm³/mol. The minimum atomic E-state index is 0.486. The maximum absolute atomic E-state index is 5.93. The molecule has 1 saturated carbocycles. The lowest BCUT2D eigenvalue weighted by Crippen LogP contribution is -2.29. The van der Waals surface area contributed by atoms with Gasteiger partial charge in [0.05, 0.1) is 0 Å². The van der Waals surface area contributed by atoms with Crippen molar-refractivity contribution in [2.24, 2.45) is 5.73 Å². The maximum Gasteiger partial charge on any atom is 0.00644 e. The van der Waals surface area contributed by atoms with Crippen molar-refractivity contribution >= 4 is 11.8 Å². The Labute approximate surface area is 80.5 Å². The normalized spacial score (nSPS) is 33.2. The number of thioether (sulfide) groups is 1. The van der Waals surface area contributed by atoms with E-state index in [9.17, 15) is 0 Å². The van der Waals surface area contributed by atoms with Crippen LogP contribution in [-0.4, -0.2) is 16.5 Å². The molecule has 12 heavy (non-hydrogen) atoms. The Morgan fingerprint density at radius 1 is 1.50 bits per heavy atom. The lowest BCUT2D eigenvalue weighted by molar-refractivity contribution is 0.450. The zero-order chi connectivity index (χ0) is 8.97. The molecule has 1 rings (SSSR count). The van der Waals surface area contributed by atoms with E-state index in [4.69, 9.17) is 5.73 Å². The zero-order valence-electron chi connectivity index (χ0n) is 8.25. The summed E-state index contributed by atoms with van der Waals surface area (Å²) in [5.74, 6) is 0. The van der Waals surface area contributed by atoms with Crippen molar-refractivity contribution in [3.8, 4) is 0 Å². The average Bonchev–Trinajstić information content (AvgIpc) is 2.04. The Kier molecular flexibility index (Phi) is 4.44. The molecule has 1 aliphatic rings. The highest BCUT2D eigenvalue weighted by atomic mass is 32.2. The second-order valence-corrected chi connectivity index (χ2v) is 5.65. The number of rotatable bonds is 3. The molecule has 0 bridgehead atoms. The van der Waals surface area contributed by atoms with Gasteiger partial charge < -0.3 is 5.73 Å². The van der Waals surface area contributed by atoms with Crippen molar-refractivity contribution in [2.45, 2.75) is 62.5 Å². The molecule has 3 atom stereocenters. The standard InChI is InChI=1S/C10H21NS/c1-3-8(2)12-10-6-4-5-9(11)7-10/h8-10H,3-7,11H2,1-2H3. The van der Waals surface area contributed by atoms with E-state index in [1.807, 2.05) is 0 Å². The van der Waals surface area contributed by atoms with Crippen LogP contribution in [-0.2, 0) is 0 Å². The molecule has 1 fully saturated rings. The average molecular weight is 187 g/mol. The summed E-state index contributed by atoms with van der Waals surface area (Å²) in [5.41, 5.74) is 5.93. The molecule has 2 N–H and O–H groups in total. The van der Waals surface area contributed by atoms with Crippen LogP contribution < -0.4 is 5.73 Å². The molecule has 0 aromatic carbocycles. The molecule has 72 valence electrons. The highest BCUT2D eigenvalue weighted by Gasteiger charge is 2.20. The van der Waals surface area contributed by atoms with Crippen LogP contribution in [0.25, 0.3) is 0 Å². The molecule has 0 aromatic rings. The Bertz CT molecular complexity index is 127. The van der Waals surface area contributed by atoms with E-state index in [1.165, 1.54) is 32.1 Å². The molecule has 0 aliphatic heterocycles. The largest absolute Gasteiger partial charge is 0.328 e. The third-order valence-electron chi connectivity index (χ3n) is 2.67. The third-order valence-corrected chi connectivity index (χ3v) is 4.28. The number of hydrogen-bond donors (Lipinski definition) is 1. The van der Waals surface area contributed by atoms with Gasteiger partial charge in [0.1, 0.15) is 0 Å². The lowest BCUT2D eigenvalue weighted by Gasteiger charge is -2.27. The topological polar surface area (TPSA) is 26.0 Å². The summed E-state index contributed by atoms with van der Waals surface area (Å²) in [7, 11) is 0. The van der Waals surface area contributed by atoms with Gasteiger partial charge in [-0.25, -0.2) is 0 Å². The first-order chi connectivity index (χ1) is 5.72. The molecule has 0 saturated heterocycles. The van der Waals surface area contributed by atoms with Crippen molar-refractivity contribution in [3.63, 3.8) is 0 Å². The summed E-state index contributed by atoms with van der Waals surface area (Å²) < 4.78 is 0. The highest BCUT2D eigenvalue weighted by molar-refractivity contribution is 8.00. The van der Waals surface area contributed by atoms with Gasteiger partial charge in [-0.1, -0.05) is 20.3 Å². The predicted octanol–water partition coefficient (Wildman–Crippen LogP) is 2.79. The summed E-state index contributed by atoms with van der Waals surface area (Å²) in [6.45, 7) is 4.59. The summed E-state index contributed by atoms with van der Waals surface area (Å²) in [5, 5.41) is 1.67. The van der Waals surface area contributed by atoms with Gasteiger partial charge in [0.15, 0.2) is 0 Å². The van der Waals surface area contributed by atoms with Crippen molar-refractivity contribution in [2.75, 3.05) is 0 Å². The first-order valence-electron chi connectivity index (χ1n) is 5.13.